The van der Waals surface area contributed by atoms with Crippen LogP contribution in [0, 0.1) is 17.5 Å². The van der Waals surface area contributed by atoms with Gasteiger partial charge >= 0.3 is 0 Å². The molecule has 27 heavy (non-hydrogen) atoms. The third kappa shape index (κ3) is 4.52. The second-order valence-electron chi connectivity index (χ2n) is 6.90. The normalized spacial score (nSPS) is 11.3. The van der Waals surface area contributed by atoms with Gasteiger partial charge < -0.3 is 10.6 Å². The van der Waals surface area contributed by atoms with Crippen LogP contribution in [0.15, 0.2) is 42.6 Å². The molecule has 2 aromatic heterocycles. The third-order valence-corrected chi connectivity index (χ3v) is 3.44. The van der Waals surface area contributed by atoms with Crippen molar-refractivity contribution in [3.8, 4) is 11.4 Å². The predicted octanol–water partition coefficient (Wildman–Crippen LogP) is 4.91. The molecule has 0 amide bonds. The Morgan fingerprint density at radius 2 is 1.63 bits per heavy atom. The molecule has 0 saturated carbocycles. The molecule has 2 N–H and O–H groups in total. The maximum Gasteiger partial charge on any atom is 0.225 e. The van der Waals surface area contributed by atoms with Gasteiger partial charge in [0.1, 0.15) is 17.3 Å². The lowest BCUT2D eigenvalue weighted by Gasteiger charge is -2.21. The van der Waals surface area contributed by atoms with Crippen molar-refractivity contribution in [2.45, 2.75) is 26.3 Å². The van der Waals surface area contributed by atoms with Gasteiger partial charge in [0.05, 0.1) is 11.4 Å². The highest BCUT2D eigenvalue weighted by atomic mass is 19.2. The van der Waals surface area contributed by atoms with Gasteiger partial charge in [-0.2, -0.15) is 4.98 Å². The number of rotatable bonds is 4. The van der Waals surface area contributed by atoms with Crippen molar-refractivity contribution >= 4 is 17.5 Å². The average Bonchev–Trinajstić information content (AvgIpc) is 2.61. The summed E-state index contributed by atoms with van der Waals surface area (Å²) in [6.07, 6.45) is 1.60. The van der Waals surface area contributed by atoms with Crippen LogP contribution in [0.1, 0.15) is 20.8 Å². The Kier molecular flexibility index (Phi) is 4.98. The molecule has 0 atom stereocenters. The molecule has 8 heteroatoms. The van der Waals surface area contributed by atoms with Crippen LogP contribution < -0.4 is 10.6 Å². The van der Waals surface area contributed by atoms with Gasteiger partial charge in [-0.15, -0.1) is 0 Å². The molecule has 0 spiro atoms. The van der Waals surface area contributed by atoms with E-state index in [1.54, 1.807) is 24.4 Å². The molecule has 0 aliphatic rings. The number of nitrogens with zero attached hydrogens (tertiary/aromatic N) is 3. The van der Waals surface area contributed by atoms with Gasteiger partial charge in [0.15, 0.2) is 11.6 Å². The summed E-state index contributed by atoms with van der Waals surface area (Å²) in [6, 6.07) is 8.35. The van der Waals surface area contributed by atoms with Crippen molar-refractivity contribution in [3.63, 3.8) is 0 Å². The van der Waals surface area contributed by atoms with Crippen LogP contribution in [0.25, 0.3) is 11.4 Å². The quantitative estimate of drug-likeness (QED) is 0.636. The van der Waals surface area contributed by atoms with Crippen molar-refractivity contribution in [1.29, 1.82) is 0 Å². The predicted molar refractivity (Wildman–Crippen MR) is 98.2 cm³/mol. The summed E-state index contributed by atoms with van der Waals surface area (Å²) in [4.78, 5) is 12.9. The molecule has 140 valence electrons. The van der Waals surface area contributed by atoms with Crippen LogP contribution in [-0.2, 0) is 0 Å². The highest BCUT2D eigenvalue weighted by molar-refractivity contribution is 5.66. The summed E-state index contributed by atoms with van der Waals surface area (Å²) in [7, 11) is 0. The van der Waals surface area contributed by atoms with Crippen molar-refractivity contribution in [2.24, 2.45) is 0 Å². The van der Waals surface area contributed by atoms with E-state index in [1.807, 2.05) is 20.8 Å². The minimum absolute atomic E-state index is 0.0980. The lowest BCUT2D eigenvalue weighted by molar-refractivity contribution is 0.499. The number of aromatic nitrogens is 3. The number of pyridine rings is 1. The fourth-order valence-electron chi connectivity index (χ4n) is 2.32. The lowest BCUT2D eigenvalue weighted by Crippen LogP contribution is -2.27. The smallest absolute Gasteiger partial charge is 0.225 e. The van der Waals surface area contributed by atoms with E-state index in [0.29, 0.717) is 11.4 Å². The molecule has 3 aromatic rings. The Morgan fingerprint density at radius 1 is 0.889 bits per heavy atom. The topological polar surface area (TPSA) is 62.7 Å². The summed E-state index contributed by atoms with van der Waals surface area (Å²) < 4.78 is 41.4. The zero-order valence-electron chi connectivity index (χ0n) is 15.0. The lowest BCUT2D eigenvalue weighted by atomic mass is 10.1. The van der Waals surface area contributed by atoms with E-state index in [-0.39, 0.29) is 17.3 Å². The molecule has 1 aromatic carbocycles. The van der Waals surface area contributed by atoms with E-state index < -0.39 is 23.1 Å². The molecular formula is C19H18F3N5. The van der Waals surface area contributed by atoms with E-state index >= 15 is 0 Å². The molecule has 0 fully saturated rings. The van der Waals surface area contributed by atoms with E-state index in [4.69, 9.17) is 0 Å². The number of hydrogen-bond donors (Lipinski definition) is 2. The van der Waals surface area contributed by atoms with Crippen molar-refractivity contribution < 1.29 is 13.2 Å². The van der Waals surface area contributed by atoms with Gasteiger partial charge in [-0.25, -0.2) is 18.2 Å². The van der Waals surface area contributed by atoms with Crippen LogP contribution in [0.4, 0.5) is 30.6 Å². The summed E-state index contributed by atoms with van der Waals surface area (Å²) >= 11 is 0. The SMILES string of the molecule is CC(C)(C)Nc1nc(Nc2c(F)ccc(F)c2F)cc(-c2ccccn2)n1. The van der Waals surface area contributed by atoms with Gasteiger partial charge in [-0.1, -0.05) is 6.07 Å². The van der Waals surface area contributed by atoms with Crippen LogP contribution in [0.3, 0.4) is 0 Å². The maximum atomic E-state index is 14.0. The Bertz CT molecular complexity index is 956. The van der Waals surface area contributed by atoms with Crippen LogP contribution in [0.2, 0.25) is 0 Å². The number of halogens is 3. The highest BCUT2D eigenvalue weighted by Crippen LogP contribution is 2.27. The summed E-state index contributed by atoms with van der Waals surface area (Å²) in [5.74, 6) is -3.08. The zero-order chi connectivity index (χ0) is 19.6. The second kappa shape index (κ2) is 7.22. The van der Waals surface area contributed by atoms with E-state index in [0.717, 1.165) is 12.1 Å². The third-order valence-electron chi connectivity index (χ3n) is 3.44. The largest absolute Gasteiger partial charge is 0.350 e. The Hall–Kier alpha value is -3.16. The first-order valence-corrected chi connectivity index (χ1v) is 8.22. The van der Waals surface area contributed by atoms with Gasteiger partial charge in [-0.05, 0) is 45.0 Å². The standard InChI is InChI=1S/C19H18F3N5/c1-19(2,3)27-18-24-14(13-6-4-5-9-23-13)10-15(26-18)25-17-12(21)8-7-11(20)16(17)22/h4-10H,1-3H3,(H2,24,25,26,27). The van der Waals surface area contributed by atoms with Crippen molar-refractivity contribution in [3.05, 3.63) is 60.0 Å². The zero-order valence-corrected chi connectivity index (χ0v) is 15.0. The minimum atomic E-state index is -1.32. The molecule has 2 heterocycles. The molecule has 0 aliphatic heterocycles. The molecule has 5 nitrogen and oxygen atoms in total. The molecule has 3 rings (SSSR count). The number of hydrogen-bond acceptors (Lipinski definition) is 5. The van der Waals surface area contributed by atoms with Gasteiger partial charge in [0.25, 0.3) is 0 Å². The summed E-state index contributed by atoms with van der Waals surface area (Å²) in [5.41, 5.74) is 0.0228. The first-order chi connectivity index (χ1) is 12.7. The second-order valence-corrected chi connectivity index (χ2v) is 6.90. The molecule has 0 unspecified atom stereocenters. The Morgan fingerprint density at radius 3 is 2.30 bits per heavy atom. The minimum Gasteiger partial charge on any atom is -0.350 e. The van der Waals surface area contributed by atoms with Gasteiger partial charge in [-0.3, -0.25) is 4.98 Å². The van der Waals surface area contributed by atoms with Crippen molar-refractivity contribution in [2.75, 3.05) is 10.6 Å². The van der Waals surface area contributed by atoms with Crippen LogP contribution in [0.5, 0.6) is 0 Å². The number of nitrogens with one attached hydrogen (secondary N) is 2. The summed E-state index contributed by atoms with van der Waals surface area (Å²) in [5, 5.41) is 5.62. The number of benzene rings is 1. The van der Waals surface area contributed by atoms with E-state index in [9.17, 15) is 13.2 Å². The molecular weight excluding hydrogens is 355 g/mol. The monoisotopic (exact) mass is 373 g/mol. The molecule has 0 radical (unpaired) electrons. The first kappa shape index (κ1) is 18.6. The molecule has 0 saturated heterocycles. The highest BCUT2D eigenvalue weighted by Gasteiger charge is 2.18. The van der Waals surface area contributed by atoms with Crippen LogP contribution in [-0.4, -0.2) is 20.5 Å². The molecule has 0 aliphatic carbocycles. The van der Waals surface area contributed by atoms with E-state index in [2.05, 4.69) is 25.6 Å². The summed E-state index contributed by atoms with van der Waals surface area (Å²) in [6.45, 7) is 5.76. The van der Waals surface area contributed by atoms with Crippen LogP contribution >= 0.6 is 0 Å². The Labute approximate surface area is 154 Å². The van der Waals surface area contributed by atoms with Gasteiger partial charge in [0.2, 0.25) is 5.95 Å². The Balaban J connectivity index is 2.07. The van der Waals surface area contributed by atoms with Crippen molar-refractivity contribution in [1.82, 2.24) is 15.0 Å². The average molecular weight is 373 g/mol. The van der Waals surface area contributed by atoms with E-state index in [1.165, 1.54) is 6.07 Å². The fraction of sp³-hybridized carbons (Fsp3) is 0.211. The van der Waals surface area contributed by atoms with Gasteiger partial charge in [0, 0.05) is 17.8 Å². The first-order valence-electron chi connectivity index (χ1n) is 8.22. The fourth-order valence-corrected chi connectivity index (χ4v) is 2.32. The maximum absolute atomic E-state index is 14.0. The molecule has 0 bridgehead atoms. The number of anilines is 3.